The van der Waals surface area contributed by atoms with Crippen molar-refractivity contribution in [3.05, 3.63) is 23.4 Å². The fourth-order valence-corrected chi connectivity index (χ4v) is 4.27. The molecule has 0 bridgehead atoms. The van der Waals surface area contributed by atoms with Crippen molar-refractivity contribution in [2.24, 2.45) is 5.92 Å². The van der Waals surface area contributed by atoms with E-state index in [2.05, 4.69) is 16.8 Å². The van der Waals surface area contributed by atoms with Crippen molar-refractivity contribution in [1.82, 2.24) is 14.8 Å². The maximum atomic E-state index is 13.4. The van der Waals surface area contributed by atoms with Gasteiger partial charge in [0, 0.05) is 38.4 Å². The molecule has 34 heavy (non-hydrogen) atoms. The summed E-state index contributed by atoms with van der Waals surface area (Å²) in [7, 11) is 3.14. The van der Waals surface area contributed by atoms with Gasteiger partial charge in [0.25, 0.3) is 5.91 Å². The Morgan fingerprint density at radius 2 is 2.15 bits per heavy atom. The molecular weight excluding hydrogens is 438 g/mol. The van der Waals surface area contributed by atoms with Crippen LogP contribution in [0, 0.1) is 17.8 Å². The molecule has 2 aliphatic rings. The van der Waals surface area contributed by atoms with E-state index in [0.717, 1.165) is 12.8 Å². The number of carbonyl (C=O) groups is 2. The van der Waals surface area contributed by atoms with Crippen LogP contribution in [0.3, 0.4) is 0 Å². The largest absolute Gasteiger partial charge is 0.472 e. The normalized spacial score (nSPS) is 22.5. The molecule has 2 amide bonds. The summed E-state index contributed by atoms with van der Waals surface area (Å²) in [6, 6.07) is 1.21. The molecular formula is C25H35N3O6. The number of methoxy groups -OCH3 is 1. The van der Waals surface area contributed by atoms with Gasteiger partial charge >= 0.3 is 0 Å². The Morgan fingerprint density at radius 1 is 1.44 bits per heavy atom. The molecule has 1 saturated carbocycles. The molecule has 0 unspecified atom stereocenters. The Balaban J connectivity index is 1.95. The van der Waals surface area contributed by atoms with Gasteiger partial charge in [0.15, 0.2) is 0 Å². The molecule has 1 aromatic heterocycles. The van der Waals surface area contributed by atoms with Gasteiger partial charge in [-0.05, 0) is 38.7 Å². The summed E-state index contributed by atoms with van der Waals surface area (Å²) >= 11 is 0. The van der Waals surface area contributed by atoms with Crippen LogP contribution < -0.4 is 4.74 Å². The molecule has 9 heteroatoms. The van der Waals surface area contributed by atoms with Crippen molar-refractivity contribution in [2.45, 2.75) is 57.3 Å². The first kappa shape index (κ1) is 25.9. The summed E-state index contributed by atoms with van der Waals surface area (Å²) < 4.78 is 11.1. The van der Waals surface area contributed by atoms with Gasteiger partial charge in [-0.1, -0.05) is 18.8 Å². The van der Waals surface area contributed by atoms with E-state index in [9.17, 15) is 19.8 Å². The summed E-state index contributed by atoms with van der Waals surface area (Å²) in [6.07, 6.45) is 4.24. The summed E-state index contributed by atoms with van der Waals surface area (Å²) in [4.78, 5) is 33.2. The smallest absolute Gasteiger partial charge is 0.259 e. The average molecular weight is 474 g/mol. The molecule has 0 spiro atoms. The standard InChI is InChI=1S/C25H35N3O6/c1-17-13-28(18(2)15-29)24(31)20-11-19(7-10-25(32)8-5-6-9-25)12-26-23(20)34-21(17)14-27(3)22(30)16-33-4/h11-12,17-18,21,29,32H,5-6,8-9,13-16H2,1-4H3/t17-,18+,21+/m0/s1. The highest BCUT2D eigenvalue weighted by atomic mass is 16.5. The zero-order valence-corrected chi connectivity index (χ0v) is 20.4. The minimum atomic E-state index is -0.998. The minimum absolute atomic E-state index is 0.0347. The summed E-state index contributed by atoms with van der Waals surface area (Å²) in [5.41, 5.74) is -0.249. The molecule has 9 nitrogen and oxygen atoms in total. The number of rotatable bonds is 6. The Morgan fingerprint density at radius 3 is 2.79 bits per heavy atom. The zero-order chi connectivity index (χ0) is 24.9. The predicted molar refractivity (Wildman–Crippen MR) is 125 cm³/mol. The Labute approximate surface area is 201 Å². The highest BCUT2D eigenvalue weighted by Crippen LogP contribution is 2.30. The second-order valence-electron chi connectivity index (χ2n) is 9.40. The van der Waals surface area contributed by atoms with E-state index < -0.39 is 17.7 Å². The fourth-order valence-electron chi connectivity index (χ4n) is 4.27. The number of aliphatic hydroxyl groups excluding tert-OH is 1. The van der Waals surface area contributed by atoms with Crippen molar-refractivity contribution in [2.75, 3.05) is 40.5 Å². The van der Waals surface area contributed by atoms with Crippen LogP contribution in [0.15, 0.2) is 12.3 Å². The summed E-state index contributed by atoms with van der Waals surface area (Å²) in [5.74, 6) is 5.45. The molecule has 1 aromatic rings. The van der Waals surface area contributed by atoms with Gasteiger partial charge in [-0.15, -0.1) is 0 Å². The van der Waals surface area contributed by atoms with E-state index in [1.807, 2.05) is 6.92 Å². The monoisotopic (exact) mass is 473 g/mol. The Kier molecular flexibility index (Phi) is 8.52. The van der Waals surface area contributed by atoms with Gasteiger partial charge in [-0.3, -0.25) is 9.59 Å². The van der Waals surface area contributed by atoms with E-state index in [1.54, 1.807) is 24.9 Å². The van der Waals surface area contributed by atoms with Gasteiger partial charge in [-0.2, -0.15) is 0 Å². The number of pyridine rings is 1. The second kappa shape index (κ2) is 11.2. The lowest BCUT2D eigenvalue weighted by Gasteiger charge is -2.37. The van der Waals surface area contributed by atoms with Crippen LogP contribution in [0.5, 0.6) is 5.88 Å². The van der Waals surface area contributed by atoms with Crippen LogP contribution in [0.1, 0.15) is 55.5 Å². The van der Waals surface area contributed by atoms with Crippen molar-refractivity contribution in [3.63, 3.8) is 0 Å². The number of amides is 2. The molecule has 2 heterocycles. The number of nitrogens with zero attached hydrogens (tertiary/aromatic N) is 3. The molecule has 0 radical (unpaired) electrons. The number of carbonyl (C=O) groups excluding carboxylic acids is 2. The van der Waals surface area contributed by atoms with E-state index in [4.69, 9.17) is 9.47 Å². The van der Waals surface area contributed by atoms with Crippen LogP contribution in [0.2, 0.25) is 0 Å². The number of hydrogen-bond acceptors (Lipinski definition) is 7. The van der Waals surface area contributed by atoms with Crippen LogP contribution in [0.25, 0.3) is 0 Å². The van der Waals surface area contributed by atoms with Crippen LogP contribution in [-0.2, 0) is 9.53 Å². The number of likely N-dealkylation sites (N-methyl/N-ethyl adjacent to an activating group) is 1. The van der Waals surface area contributed by atoms with Gasteiger partial charge in [0.2, 0.25) is 11.8 Å². The average Bonchev–Trinajstić information content (AvgIpc) is 3.26. The van der Waals surface area contributed by atoms with E-state index in [0.29, 0.717) is 24.9 Å². The number of aromatic nitrogens is 1. The lowest BCUT2D eigenvalue weighted by atomic mass is 9.99. The molecule has 1 aliphatic heterocycles. The van der Waals surface area contributed by atoms with Crippen LogP contribution >= 0.6 is 0 Å². The number of ether oxygens (including phenoxy) is 2. The third-order valence-electron chi connectivity index (χ3n) is 6.54. The van der Waals surface area contributed by atoms with Crippen molar-refractivity contribution >= 4 is 11.8 Å². The molecule has 0 aromatic carbocycles. The van der Waals surface area contributed by atoms with Gasteiger partial charge in [0.05, 0.1) is 19.2 Å². The van der Waals surface area contributed by atoms with Gasteiger partial charge < -0.3 is 29.5 Å². The quantitative estimate of drug-likeness (QED) is 0.594. The molecule has 1 fully saturated rings. The van der Waals surface area contributed by atoms with Crippen molar-refractivity contribution < 1.29 is 29.3 Å². The first-order valence-electron chi connectivity index (χ1n) is 11.7. The predicted octanol–water partition coefficient (Wildman–Crippen LogP) is 1.06. The SMILES string of the molecule is COCC(=O)N(C)C[C@H]1Oc2ncc(C#CC3(O)CCCC3)cc2C(=O)N([C@H](C)CO)C[C@@H]1C. The van der Waals surface area contributed by atoms with Gasteiger partial charge in [0.1, 0.15) is 23.9 Å². The van der Waals surface area contributed by atoms with Crippen LogP contribution in [0.4, 0.5) is 0 Å². The molecule has 1 aliphatic carbocycles. The van der Waals surface area contributed by atoms with Crippen LogP contribution in [-0.4, -0.2) is 95.0 Å². The minimum Gasteiger partial charge on any atom is -0.472 e. The van der Waals surface area contributed by atoms with Crippen molar-refractivity contribution in [1.29, 1.82) is 0 Å². The Hall–Kier alpha value is -2.67. The lowest BCUT2D eigenvalue weighted by Crippen LogP contribution is -2.50. The highest BCUT2D eigenvalue weighted by Gasteiger charge is 2.35. The first-order chi connectivity index (χ1) is 16.2. The Bertz CT molecular complexity index is 950. The molecule has 3 rings (SSSR count). The zero-order valence-electron chi connectivity index (χ0n) is 20.4. The third-order valence-corrected chi connectivity index (χ3v) is 6.54. The molecule has 2 N–H and O–H groups in total. The first-order valence-corrected chi connectivity index (χ1v) is 11.7. The van der Waals surface area contributed by atoms with Gasteiger partial charge in [-0.25, -0.2) is 4.98 Å². The molecule has 0 saturated heterocycles. The maximum Gasteiger partial charge on any atom is 0.259 e. The highest BCUT2D eigenvalue weighted by molar-refractivity contribution is 5.97. The molecule has 186 valence electrons. The van der Waals surface area contributed by atoms with Crippen molar-refractivity contribution in [3.8, 4) is 17.7 Å². The summed E-state index contributed by atoms with van der Waals surface area (Å²) in [6.45, 7) is 4.12. The number of aliphatic hydroxyl groups is 2. The van der Waals surface area contributed by atoms with E-state index >= 15 is 0 Å². The van der Waals surface area contributed by atoms with E-state index in [-0.39, 0.29) is 48.9 Å². The maximum absolute atomic E-state index is 13.4. The number of fused-ring (bicyclic) bond motifs is 1. The lowest BCUT2D eigenvalue weighted by molar-refractivity contribution is -0.135. The fraction of sp³-hybridized carbons (Fsp3) is 0.640. The second-order valence-corrected chi connectivity index (χ2v) is 9.40. The van der Waals surface area contributed by atoms with E-state index in [1.165, 1.54) is 18.2 Å². The topological polar surface area (TPSA) is 112 Å². The third kappa shape index (κ3) is 6.06. The summed E-state index contributed by atoms with van der Waals surface area (Å²) in [5, 5.41) is 20.3. The molecule has 3 atom stereocenters. The number of hydrogen-bond donors (Lipinski definition) is 2.